The van der Waals surface area contributed by atoms with Crippen molar-refractivity contribution in [3.63, 3.8) is 0 Å². The zero-order valence-electron chi connectivity index (χ0n) is 10.2. The smallest absolute Gasteiger partial charge is 0.0753 e. The van der Waals surface area contributed by atoms with Crippen molar-refractivity contribution >= 4 is 10.8 Å². The first-order chi connectivity index (χ1) is 8.84. The summed E-state index contributed by atoms with van der Waals surface area (Å²) in [6, 6.07) is 12.3. The number of hydrogen-bond donors (Lipinski definition) is 0. The Morgan fingerprint density at radius 3 is 2.39 bits per heavy atom. The van der Waals surface area contributed by atoms with E-state index in [0.717, 1.165) is 17.8 Å². The Morgan fingerprint density at radius 1 is 0.889 bits per heavy atom. The zero-order chi connectivity index (χ0) is 12.4. The highest BCUT2D eigenvalue weighted by atomic mass is 15.1. The SMILES string of the molecule is Cc1nnc(Cc2ccncc2)c2ccccc12. The molecule has 18 heavy (non-hydrogen) atoms. The summed E-state index contributed by atoms with van der Waals surface area (Å²) in [5, 5.41) is 10.9. The van der Waals surface area contributed by atoms with Crippen LogP contribution in [-0.2, 0) is 6.42 Å². The third-order valence-corrected chi connectivity index (χ3v) is 3.07. The molecule has 0 aliphatic carbocycles. The number of fused-ring (bicyclic) bond motifs is 1. The van der Waals surface area contributed by atoms with Crippen LogP contribution in [0.25, 0.3) is 10.8 Å². The molecule has 3 nitrogen and oxygen atoms in total. The van der Waals surface area contributed by atoms with Crippen molar-refractivity contribution in [2.45, 2.75) is 13.3 Å². The van der Waals surface area contributed by atoms with Crippen LogP contribution in [-0.4, -0.2) is 15.2 Å². The van der Waals surface area contributed by atoms with Gasteiger partial charge in [0.05, 0.1) is 11.4 Å². The van der Waals surface area contributed by atoms with Crippen LogP contribution in [0.1, 0.15) is 17.0 Å². The second kappa shape index (κ2) is 4.53. The molecule has 0 fully saturated rings. The molecule has 3 aromatic rings. The van der Waals surface area contributed by atoms with Crippen LogP contribution < -0.4 is 0 Å². The fourth-order valence-electron chi connectivity index (χ4n) is 2.12. The average molecular weight is 235 g/mol. The van der Waals surface area contributed by atoms with E-state index in [4.69, 9.17) is 0 Å². The molecule has 1 aromatic carbocycles. The predicted molar refractivity (Wildman–Crippen MR) is 71.3 cm³/mol. The van der Waals surface area contributed by atoms with Crippen LogP contribution in [0.5, 0.6) is 0 Å². The Kier molecular flexibility index (Phi) is 2.73. The molecule has 0 saturated heterocycles. The molecule has 0 unspecified atom stereocenters. The van der Waals surface area contributed by atoms with E-state index in [1.165, 1.54) is 16.3 Å². The van der Waals surface area contributed by atoms with E-state index >= 15 is 0 Å². The van der Waals surface area contributed by atoms with E-state index in [0.29, 0.717) is 0 Å². The standard InChI is InChI=1S/C15H13N3/c1-11-13-4-2-3-5-14(13)15(18-17-11)10-12-6-8-16-9-7-12/h2-9H,10H2,1H3. The number of aryl methyl sites for hydroxylation is 1. The first-order valence-corrected chi connectivity index (χ1v) is 5.94. The average Bonchev–Trinajstić information content (AvgIpc) is 2.44. The summed E-state index contributed by atoms with van der Waals surface area (Å²) >= 11 is 0. The first-order valence-electron chi connectivity index (χ1n) is 5.94. The molecule has 2 aromatic heterocycles. The van der Waals surface area contributed by atoms with Crippen LogP contribution in [0.2, 0.25) is 0 Å². The van der Waals surface area contributed by atoms with Gasteiger partial charge in [0.1, 0.15) is 0 Å². The molecule has 3 heteroatoms. The van der Waals surface area contributed by atoms with Gasteiger partial charge in [0.25, 0.3) is 0 Å². The molecule has 88 valence electrons. The second-order valence-corrected chi connectivity index (χ2v) is 4.31. The van der Waals surface area contributed by atoms with Crippen molar-refractivity contribution in [3.8, 4) is 0 Å². The third kappa shape index (κ3) is 1.95. The Hall–Kier alpha value is -2.29. The summed E-state index contributed by atoms with van der Waals surface area (Å²) in [7, 11) is 0. The fourth-order valence-corrected chi connectivity index (χ4v) is 2.12. The highest BCUT2D eigenvalue weighted by Gasteiger charge is 2.06. The van der Waals surface area contributed by atoms with E-state index in [2.05, 4.69) is 27.3 Å². The maximum atomic E-state index is 4.33. The number of aromatic nitrogens is 3. The van der Waals surface area contributed by atoms with Gasteiger partial charge in [-0.1, -0.05) is 24.3 Å². The number of nitrogens with zero attached hydrogens (tertiary/aromatic N) is 3. The van der Waals surface area contributed by atoms with Gasteiger partial charge in [-0.3, -0.25) is 4.98 Å². The molecule has 0 spiro atoms. The van der Waals surface area contributed by atoms with Gasteiger partial charge in [-0.15, -0.1) is 0 Å². The Morgan fingerprint density at radius 2 is 1.61 bits per heavy atom. The molecule has 0 aliphatic heterocycles. The van der Waals surface area contributed by atoms with Gasteiger partial charge in [-0.2, -0.15) is 10.2 Å². The molecule has 3 rings (SSSR count). The largest absolute Gasteiger partial charge is 0.265 e. The Balaban J connectivity index is 2.10. The van der Waals surface area contributed by atoms with Crippen LogP contribution in [0.15, 0.2) is 48.8 Å². The highest BCUT2D eigenvalue weighted by Crippen LogP contribution is 2.20. The van der Waals surface area contributed by atoms with Gasteiger partial charge in [-0.25, -0.2) is 0 Å². The van der Waals surface area contributed by atoms with Crippen molar-refractivity contribution in [1.29, 1.82) is 0 Å². The predicted octanol–water partition coefficient (Wildman–Crippen LogP) is 2.92. The molecule has 2 heterocycles. The number of benzene rings is 1. The summed E-state index contributed by atoms with van der Waals surface area (Å²) in [5.74, 6) is 0. The number of hydrogen-bond acceptors (Lipinski definition) is 3. The molecule has 0 N–H and O–H groups in total. The summed E-state index contributed by atoms with van der Waals surface area (Å²) in [4.78, 5) is 4.03. The van der Waals surface area contributed by atoms with E-state index in [1.807, 2.05) is 31.2 Å². The zero-order valence-corrected chi connectivity index (χ0v) is 10.2. The fraction of sp³-hybridized carbons (Fsp3) is 0.133. The van der Waals surface area contributed by atoms with Crippen LogP contribution >= 0.6 is 0 Å². The van der Waals surface area contributed by atoms with Gasteiger partial charge >= 0.3 is 0 Å². The quantitative estimate of drug-likeness (QED) is 0.685. The Labute approximate surface area is 106 Å². The van der Waals surface area contributed by atoms with E-state index < -0.39 is 0 Å². The van der Waals surface area contributed by atoms with E-state index in [9.17, 15) is 0 Å². The second-order valence-electron chi connectivity index (χ2n) is 4.31. The minimum atomic E-state index is 0.788. The maximum absolute atomic E-state index is 4.33. The molecular formula is C15H13N3. The molecule has 0 bridgehead atoms. The molecule has 0 aliphatic rings. The van der Waals surface area contributed by atoms with Crippen molar-refractivity contribution < 1.29 is 0 Å². The van der Waals surface area contributed by atoms with Crippen molar-refractivity contribution in [2.24, 2.45) is 0 Å². The van der Waals surface area contributed by atoms with Gasteiger partial charge in [0.15, 0.2) is 0 Å². The summed E-state index contributed by atoms with van der Waals surface area (Å²) in [6.45, 7) is 1.99. The van der Waals surface area contributed by atoms with Crippen LogP contribution in [0, 0.1) is 6.92 Å². The van der Waals surface area contributed by atoms with Gasteiger partial charge < -0.3 is 0 Å². The van der Waals surface area contributed by atoms with Crippen molar-refractivity contribution in [1.82, 2.24) is 15.2 Å². The van der Waals surface area contributed by atoms with Crippen LogP contribution in [0.3, 0.4) is 0 Å². The lowest BCUT2D eigenvalue weighted by atomic mass is 10.0. The molecule has 0 radical (unpaired) electrons. The number of pyridine rings is 1. The first kappa shape index (κ1) is 10.8. The number of rotatable bonds is 2. The summed E-state index contributed by atoms with van der Waals surface area (Å²) in [5.41, 5.74) is 3.19. The highest BCUT2D eigenvalue weighted by molar-refractivity contribution is 5.86. The maximum Gasteiger partial charge on any atom is 0.0753 e. The third-order valence-electron chi connectivity index (χ3n) is 3.07. The lowest BCUT2D eigenvalue weighted by Crippen LogP contribution is -1.98. The van der Waals surface area contributed by atoms with E-state index in [1.54, 1.807) is 12.4 Å². The summed E-state index contributed by atoms with van der Waals surface area (Å²) < 4.78 is 0. The van der Waals surface area contributed by atoms with Gasteiger partial charge in [0.2, 0.25) is 0 Å². The minimum absolute atomic E-state index is 0.788. The monoisotopic (exact) mass is 235 g/mol. The van der Waals surface area contributed by atoms with Crippen molar-refractivity contribution in [2.75, 3.05) is 0 Å². The minimum Gasteiger partial charge on any atom is -0.265 e. The molecule has 0 atom stereocenters. The normalized spacial score (nSPS) is 10.7. The van der Waals surface area contributed by atoms with Gasteiger partial charge in [0, 0.05) is 29.6 Å². The topological polar surface area (TPSA) is 38.7 Å². The lowest BCUT2D eigenvalue weighted by molar-refractivity contribution is 0.929. The van der Waals surface area contributed by atoms with Crippen LogP contribution in [0.4, 0.5) is 0 Å². The summed E-state index contributed by atoms with van der Waals surface area (Å²) in [6.07, 6.45) is 4.40. The lowest BCUT2D eigenvalue weighted by Gasteiger charge is -2.06. The van der Waals surface area contributed by atoms with Crippen molar-refractivity contribution in [3.05, 3.63) is 65.7 Å². The van der Waals surface area contributed by atoms with E-state index in [-0.39, 0.29) is 0 Å². The molecule has 0 amide bonds. The van der Waals surface area contributed by atoms with Gasteiger partial charge in [-0.05, 0) is 24.6 Å². The Bertz CT molecular complexity index is 678. The molecule has 0 saturated carbocycles. The molecular weight excluding hydrogens is 222 g/mol.